The van der Waals surface area contributed by atoms with Crippen molar-refractivity contribution in [2.75, 3.05) is 5.32 Å². The van der Waals surface area contributed by atoms with E-state index in [1.165, 1.54) is 6.07 Å². The van der Waals surface area contributed by atoms with E-state index in [-0.39, 0.29) is 5.82 Å². The predicted octanol–water partition coefficient (Wildman–Crippen LogP) is 4.70. The number of rotatable bonds is 3. The van der Waals surface area contributed by atoms with E-state index in [0.29, 0.717) is 17.1 Å². The second kappa shape index (κ2) is 5.69. The lowest BCUT2D eigenvalue weighted by Gasteiger charge is -2.09. The highest BCUT2D eigenvalue weighted by Gasteiger charge is 2.03. The van der Waals surface area contributed by atoms with Crippen molar-refractivity contribution in [3.8, 4) is 0 Å². The first kappa shape index (κ1) is 12.6. The third-order valence-corrected chi connectivity index (χ3v) is 3.49. The molecule has 0 saturated carbocycles. The summed E-state index contributed by atoms with van der Waals surface area (Å²) in [5, 5.41) is 3.89. The van der Waals surface area contributed by atoms with Crippen molar-refractivity contribution in [2.45, 2.75) is 6.54 Å². The van der Waals surface area contributed by atoms with Gasteiger partial charge in [-0.1, -0.05) is 29.8 Å². The first-order chi connectivity index (χ1) is 8.16. The van der Waals surface area contributed by atoms with E-state index in [2.05, 4.69) is 27.9 Å². The highest BCUT2D eigenvalue weighted by Crippen LogP contribution is 2.23. The van der Waals surface area contributed by atoms with E-state index < -0.39 is 0 Å². The Morgan fingerprint density at radius 2 is 1.94 bits per heavy atom. The molecule has 2 rings (SSSR count). The SMILES string of the molecule is Fc1ccccc1CNc1ccc(Cl)cc1I. The van der Waals surface area contributed by atoms with Crippen LogP contribution in [0.25, 0.3) is 0 Å². The Labute approximate surface area is 118 Å². The molecule has 2 aromatic rings. The van der Waals surface area contributed by atoms with E-state index in [0.717, 1.165) is 9.26 Å². The molecule has 0 atom stereocenters. The second-order valence-electron chi connectivity index (χ2n) is 3.57. The first-order valence-electron chi connectivity index (χ1n) is 5.09. The summed E-state index contributed by atoms with van der Waals surface area (Å²) < 4.78 is 14.4. The minimum atomic E-state index is -0.191. The standard InChI is InChI=1S/C13H10ClFIN/c14-10-5-6-13(12(16)7-10)17-8-9-3-1-2-4-11(9)15/h1-7,17H,8H2. The van der Waals surface area contributed by atoms with E-state index in [9.17, 15) is 4.39 Å². The molecule has 0 heterocycles. The van der Waals surface area contributed by atoms with Crippen molar-refractivity contribution >= 4 is 39.9 Å². The van der Waals surface area contributed by atoms with Crippen LogP contribution in [0.2, 0.25) is 5.02 Å². The second-order valence-corrected chi connectivity index (χ2v) is 5.17. The predicted molar refractivity (Wildman–Crippen MR) is 77.9 cm³/mol. The zero-order chi connectivity index (χ0) is 12.3. The summed E-state index contributed by atoms with van der Waals surface area (Å²) in [7, 11) is 0. The molecule has 1 N–H and O–H groups in total. The third kappa shape index (κ3) is 3.33. The van der Waals surface area contributed by atoms with E-state index >= 15 is 0 Å². The minimum Gasteiger partial charge on any atom is -0.380 e. The summed E-state index contributed by atoms with van der Waals surface area (Å²) in [6.45, 7) is 0.463. The van der Waals surface area contributed by atoms with Crippen molar-refractivity contribution in [1.29, 1.82) is 0 Å². The van der Waals surface area contributed by atoms with Crippen LogP contribution in [0.15, 0.2) is 42.5 Å². The zero-order valence-electron chi connectivity index (χ0n) is 8.88. The zero-order valence-corrected chi connectivity index (χ0v) is 11.8. The molecular weight excluding hydrogens is 352 g/mol. The van der Waals surface area contributed by atoms with Gasteiger partial charge in [0.25, 0.3) is 0 Å². The average Bonchev–Trinajstić information content (AvgIpc) is 2.30. The number of hydrogen-bond donors (Lipinski definition) is 1. The van der Waals surface area contributed by atoms with Gasteiger partial charge in [0.1, 0.15) is 5.82 Å². The van der Waals surface area contributed by atoms with Crippen LogP contribution >= 0.6 is 34.2 Å². The first-order valence-corrected chi connectivity index (χ1v) is 6.55. The molecule has 1 nitrogen and oxygen atoms in total. The molecule has 88 valence electrons. The van der Waals surface area contributed by atoms with Gasteiger partial charge in [-0.3, -0.25) is 0 Å². The highest BCUT2D eigenvalue weighted by atomic mass is 127. The fourth-order valence-corrected chi connectivity index (χ4v) is 2.53. The van der Waals surface area contributed by atoms with Crippen LogP contribution in [0.4, 0.5) is 10.1 Å². The van der Waals surface area contributed by atoms with Gasteiger partial charge in [0.2, 0.25) is 0 Å². The molecule has 17 heavy (non-hydrogen) atoms. The number of anilines is 1. The summed E-state index contributed by atoms with van der Waals surface area (Å²) in [5.41, 5.74) is 1.61. The Kier molecular flexibility index (Phi) is 4.23. The van der Waals surface area contributed by atoms with Crippen molar-refractivity contribution in [1.82, 2.24) is 0 Å². The molecule has 0 bridgehead atoms. The topological polar surface area (TPSA) is 12.0 Å². The van der Waals surface area contributed by atoms with Crippen LogP contribution < -0.4 is 5.32 Å². The molecule has 0 radical (unpaired) electrons. The maximum atomic E-state index is 13.4. The summed E-state index contributed by atoms with van der Waals surface area (Å²) in [4.78, 5) is 0. The molecule has 4 heteroatoms. The summed E-state index contributed by atoms with van der Waals surface area (Å²) >= 11 is 8.06. The van der Waals surface area contributed by atoms with Gasteiger partial charge < -0.3 is 5.32 Å². The maximum absolute atomic E-state index is 13.4. The smallest absolute Gasteiger partial charge is 0.128 e. The van der Waals surface area contributed by atoms with E-state index in [4.69, 9.17) is 11.6 Å². The van der Waals surface area contributed by atoms with Crippen LogP contribution in [-0.2, 0) is 6.54 Å². The third-order valence-electron chi connectivity index (χ3n) is 2.36. The lowest BCUT2D eigenvalue weighted by atomic mass is 10.2. The van der Waals surface area contributed by atoms with E-state index in [1.54, 1.807) is 12.1 Å². The van der Waals surface area contributed by atoms with Gasteiger partial charge in [0.05, 0.1) is 0 Å². The van der Waals surface area contributed by atoms with E-state index in [1.807, 2.05) is 24.3 Å². The minimum absolute atomic E-state index is 0.191. The Morgan fingerprint density at radius 1 is 1.18 bits per heavy atom. The van der Waals surface area contributed by atoms with Crippen LogP contribution in [0.5, 0.6) is 0 Å². The van der Waals surface area contributed by atoms with Crippen molar-refractivity contribution in [2.24, 2.45) is 0 Å². The number of nitrogens with one attached hydrogen (secondary N) is 1. The molecule has 0 aromatic heterocycles. The van der Waals surface area contributed by atoms with Gasteiger partial charge in [-0.25, -0.2) is 4.39 Å². The van der Waals surface area contributed by atoms with Gasteiger partial charge in [-0.05, 0) is 46.9 Å². The van der Waals surface area contributed by atoms with Gasteiger partial charge in [0.15, 0.2) is 0 Å². The molecule has 0 amide bonds. The number of halogens is 3. The van der Waals surface area contributed by atoms with Gasteiger partial charge in [-0.15, -0.1) is 0 Å². The van der Waals surface area contributed by atoms with Crippen LogP contribution in [0, 0.1) is 9.39 Å². The van der Waals surface area contributed by atoms with Gasteiger partial charge >= 0.3 is 0 Å². The van der Waals surface area contributed by atoms with Crippen LogP contribution in [-0.4, -0.2) is 0 Å². The Bertz CT molecular complexity index is 531. The fourth-order valence-electron chi connectivity index (χ4n) is 1.47. The molecule has 0 aliphatic heterocycles. The lowest BCUT2D eigenvalue weighted by molar-refractivity contribution is 0.613. The lowest BCUT2D eigenvalue weighted by Crippen LogP contribution is -2.02. The molecule has 0 aliphatic rings. The van der Waals surface area contributed by atoms with Crippen LogP contribution in [0.1, 0.15) is 5.56 Å². The molecule has 2 aromatic carbocycles. The highest BCUT2D eigenvalue weighted by molar-refractivity contribution is 14.1. The Morgan fingerprint density at radius 3 is 2.65 bits per heavy atom. The monoisotopic (exact) mass is 361 g/mol. The number of benzene rings is 2. The molecule has 0 aliphatic carbocycles. The Balaban J connectivity index is 2.10. The molecule has 0 saturated heterocycles. The quantitative estimate of drug-likeness (QED) is 0.782. The van der Waals surface area contributed by atoms with Crippen molar-refractivity contribution in [3.63, 3.8) is 0 Å². The molecule has 0 spiro atoms. The van der Waals surface area contributed by atoms with Crippen molar-refractivity contribution in [3.05, 3.63) is 62.4 Å². The average molecular weight is 362 g/mol. The molecule has 0 fully saturated rings. The summed E-state index contributed by atoms with van der Waals surface area (Å²) in [6, 6.07) is 12.3. The normalized spacial score (nSPS) is 10.3. The molecule has 0 unspecified atom stereocenters. The van der Waals surface area contributed by atoms with Gasteiger partial charge in [-0.2, -0.15) is 0 Å². The van der Waals surface area contributed by atoms with Crippen molar-refractivity contribution < 1.29 is 4.39 Å². The Hall–Kier alpha value is -0.810. The summed E-state index contributed by atoms with van der Waals surface area (Å²) in [5.74, 6) is -0.191. The fraction of sp³-hybridized carbons (Fsp3) is 0.0769. The molecular formula is C13H10ClFIN. The number of hydrogen-bond acceptors (Lipinski definition) is 1. The van der Waals surface area contributed by atoms with Crippen LogP contribution in [0.3, 0.4) is 0 Å². The maximum Gasteiger partial charge on any atom is 0.128 e. The summed E-state index contributed by atoms with van der Waals surface area (Å²) in [6.07, 6.45) is 0. The largest absolute Gasteiger partial charge is 0.380 e. The van der Waals surface area contributed by atoms with Gasteiger partial charge in [0, 0.05) is 26.4 Å².